The van der Waals surface area contributed by atoms with Crippen LogP contribution in [0.5, 0.6) is 5.75 Å². The molecule has 0 unspecified atom stereocenters. The van der Waals surface area contributed by atoms with Gasteiger partial charge in [-0.15, -0.1) is 0 Å². The van der Waals surface area contributed by atoms with Crippen LogP contribution in [0, 0.1) is 0 Å². The molecule has 16 aromatic rings. The number of hydrogen-bond donors (Lipinski definition) is 3. The van der Waals surface area contributed by atoms with E-state index in [0.717, 1.165) is 104 Å². The fraction of sp³-hybridized carbons (Fsp3) is 0.0345. The monoisotopic (exact) mass is 1480 g/mol. The van der Waals surface area contributed by atoms with Crippen LogP contribution < -0.4 is 47.7 Å². The maximum Gasteiger partial charge on any atom is 0.700 e. The largest absolute Gasteiger partial charge is 0.700 e. The number of fused-ring (bicyclic) bond motifs is 8. The summed E-state index contributed by atoms with van der Waals surface area (Å²) in [6.45, 7) is 0. The first kappa shape index (κ1) is 70.0. The molecule has 8 nitrogen and oxygen atoms in total. The van der Waals surface area contributed by atoms with Crippen molar-refractivity contribution in [2.45, 2.75) is 22.3 Å². The summed E-state index contributed by atoms with van der Waals surface area (Å²) in [6.07, 6.45) is 0. The average Bonchev–Trinajstić information content (AvgIpc) is 1.71. The lowest BCUT2D eigenvalue weighted by Gasteiger charge is -2.15. The van der Waals surface area contributed by atoms with Gasteiger partial charge in [0, 0.05) is 16.2 Å². The fourth-order valence-corrected chi connectivity index (χ4v) is 16.0. The fourth-order valence-electron chi connectivity index (χ4n) is 13.4. The van der Waals surface area contributed by atoms with Gasteiger partial charge in [0.25, 0.3) is 0 Å². The molecule has 0 bridgehead atoms. The topological polar surface area (TPSA) is 126 Å². The summed E-state index contributed by atoms with van der Waals surface area (Å²) in [5.41, 5.74) is 14.3. The molecule has 0 saturated carbocycles. The first-order valence-corrected chi connectivity index (χ1v) is 34.8. The van der Waals surface area contributed by atoms with Crippen LogP contribution in [-0.4, -0.2) is 29.9 Å². The van der Waals surface area contributed by atoms with Gasteiger partial charge in [-0.1, -0.05) is 332 Å². The molecule has 14 heteroatoms. The molecular weight excluding hydrogens is 1410 g/mol. The molecule has 0 saturated heterocycles. The highest BCUT2D eigenvalue weighted by atomic mass is 79.9. The van der Waals surface area contributed by atoms with Crippen molar-refractivity contribution < 1.29 is 19.7 Å². The molecule has 101 heavy (non-hydrogen) atoms. The zero-order chi connectivity index (χ0) is 66.5. The van der Waals surface area contributed by atoms with Crippen LogP contribution >= 0.6 is 31.9 Å². The molecule has 0 aliphatic carbocycles. The van der Waals surface area contributed by atoms with Gasteiger partial charge in [-0.25, -0.2) is 0 Å². The van der Waals surface area contributed by atoms with Gasteiger partial charge in [0.1, 0.15) is 14.7 Å². The van der Waals surface area contributed by atoms with Gasteiger partial charge in [0.15, 0.2) is 0 Å². The van der Waals surface area contributed by atoms with Crippen molar-refractivity contribution in [3.05, 3.63) is 346 Å². The molecule has 0 atom stereocenters. The molecule has 0 spiro atoms. The van der Waals surface area contributed by atoms with Gasteiger partial charge in [-0.3, -0.25) is 0 Å². The van der Waals surface area contributed by atoms with Gasteiger partial charge >= 0.3 is 58.9 Å². The number of rotatable bonds is 9. The Morgan fingerprint density at radius 3 is 0.950 bits per heavy atom. The quantitative estimate of drug-likeness (QED) is 0.0983. The molecule has 0 amide bonds. The van der Waals surface area contributed by atoms with E-state index in [4.69, 9.17) is 17.8 Å². The van der Waals surface area contributed by atoms with Crippen LogP contribution in [-0.2, 0) is 22.7 Å². The minimum atomic E-state index is -1.46. The lowest BCUT2D eigenvalue weighted by atomic mass is 9.75. The van der Waals surface area contributed by atoms with Crippen LogP contribution in [0.25, 0.3) is 131 Å². The second-order valence-electron chi connectivity index (χ2n) is 23.3. The molecule has 2 heterocycles. The Kier molecular flexibility index (Phi) is 21.9. The minimum absolute atomic E-state index is 0. The van der Waals surface area contributed by atoms with Gasteiger partial charge in [-0.2, -0.15) is 0 Å². The SMILES string of the molecule is Brc1c2c(c(Br)c3ccccc13)=[N+]=S=[N+]=2.C.C.C.OB(O)c1cccc2cccc(-c3ccccc3)c12.O[B]Oc1cccc2cccc(-c3ccccc3)c12.c1ccc(-c2cccc3cccc(-c4c5c(c(-c6cccc7cccc(-c8ccccc8)c67)c6ccccc46)=[N+]=S=[N+]=5)c23)cc1. The predicted octanol–water partition coefficient (Wildman–Crippen LogP) is 17.4. The van der Waals surface area contributed by atoms with Crippen molar-refractivity contribution in [1.29, 1.82) is 0 Å². The zero-order valence-corrected chi connectivity index (χ0v) is 57.1. The second kappa shape index (κ2) is 31.5. The highest BCUT2D eigenvalue weighted by Gasteiger charge is 2.33. The van der Waals surface area contributed by atoms with Crippen LogP contribution in [0.3, 0.4) is 0 Å². The first-order valence-electron chi connectivity index (χ1n) is 31.8. The number of halogens is 2. The Hall–Kier alpha value is -10.9. The Morgan fingerprint density at radius 2 is 0.584 bits per heavy atom. The molecule has 0 aromatic heterocycles. The molecule has 1 radical (unpaired) electrons. The third kappa shape index (κ3) is 13.7. The van der Waals surface area contributed by atoms with E-state index < -0.39 is 7.12 Å². The van der Waals surface area contributed by atoms with Crippen molar-refractivity contribution in [3.63, 3.8) is 0 Å². The van der Waals surface area contributed by atoms with E-state index in [1.54, 1.807) is 6.07 Å². The highest BCUT2D eigenvalue weighted by Crippen LogP contribution is 2.42. The molecule has 487 valence electrons. The Balaban J connectivity index is 0.000000143. The van der Waals surface area contributed by atoms with Crippen molar-refractivity contribution in [2.24, 2.45) is 0 Å². The lowest BCUT2D eigenvalue weighted by Crippen LogP contribution is -2.32. The lowest BCUT2D eigenvalue weighted by molar-refractivity contribution is 0.426. The van der Waals surface area contributed by atoms with E-state index in [-0.39, 0.29) is 22.3 Å². The molecular formula is C87H67B2Br2N4O4S2+4. The molecule has 18 rings (SSSR count). The molecule has 0 fully saturated rings. The third-order valence-electron chi connectivity index (χ3n) is 17.7. The van der Waals surface area contributed by atoms with E-state index in [2.05, 4.69) is 228 Å². The third-order valence-corrected chi connectivity index (χ3v) is 20.3. The van der Waals surface area contributed by atoms with Crippen LogP contribution in [0.1, 0.15) is 22.3 Å². The standard InChI is InChI=1S/C42H26N2S.C16H12BO2.C16H13BO2.C10H4Br2N2S.3CH4/c1-3-13-27(14-4-1)31-23-9-17-29-19-11-25-35(37(29)31)39-33-21-7-8-22-34(33)40(42-41(39)43-45-44-42)36-26-12-20-30-18-10-24-32(38(30)36)28-15-5-2-6-16-28;18-17-19-15-11-5-9-13-8-4-10-14(16(13)15)12-6-2-1-3-7-12;18-17(19)15-11-5-9-13-8-4-10-14(16(13)15)12-6-2-1-3-7-12;11-7-5-3-1-2-4-6(5)8(12)10-9(7)13-15-14-10;;;/h1-26H;1-11,18H;1-11,18-19H;1-4H;3*1H4/q+2;;;+2;;;. The van der Waals surface area contributed by atoms with Crippen LogP contribution in [0.4, 0.5) is 0 Å². The maximum absolute atomic E-state index is 9.55. The van der Waals surface area contributed by atoms with E-state index in [1.807, 2.05) is 121 Å². The predicted molar refractivity (Wildman–Crippen MR) is 436 cm³/mol. The van der Waals surface area contributed by atoms with Crippen molar-refractivity contribution >= 4 is 139 Å². The molecule has 2 aliphatic heterocycles. The van der Waals surface area contributed by atoms with Gasteiger partial charge < -0.3 is 19.7 Å². The van der Waals surface area contributed by atoms with Crippen molar-refractivity contribution in [1.82, 2.24) is 16.2 Å². The zero-order valence-electron chi connectivity index (χ0n) is 52.3. The van der Waals surface area contributed by atoms with E-state index in [9.17, 15) is 10.0 Å². The Morgan fingerprint density at radius 1 is 0.297 bits per heavy atom. The van der Waals surface area contributed by atoms with Gasteiger partial charge in [0.05, 0.1) is 27.3 Å². The highest BCUT2D eigenvalue weighted by molar-refractivity contribution is 9.11. The van der Waals surface area contributed by atoms with E-state index >= 15 is 0 Å². The summed E-state index contributed by atoms with van der Waals surface area (Å²) < 4.78 is 25.9. The molecule has 16 aromatic carbocycles. The average molecular weight is 1480 g/mol. The minimum Gasteiger partial charge on any atom is -0.537 e. The van der Waals surface area contributed by atoms with E-state index in [1.165, 1.54) is 88.4 Å². The second-order valence-corrected chi connectivity index (χ2v) is 25.9. The first-order chi connectivity index (χ1) is 48.3. The summed E-state index contributed by atoms with van der Waals surface area (Å²) in [6, 6.07) is 108. The normalized spacial score (nSPS) is 10.9. The van der Waals surface area contributed by atoms with Gasteiger partial charge in [-0.05, 0) is 147 Å². The van der Waals surface area contributed by atoms with E-state index in [0.29, 0.717) is 11.2 Å². The van der Waals surface area contributed by atoms with Crippen LogP contribution in [0.15, 0.2) is 324 Å². The number of benzene rings is 16. The summed E-state index contributed by atoms with van der Waals surface area (Å²) in [5.74, 6) is 0.652. The van der Waals surface area contributed by atoms with Crippen molar-refractivity contribution in [3.8, 4) is 72.5 Å². The molecule has 2 aliphatic rings. The molecule has 3 N–H and O–H groups in total. The Bertz CT molecular complexity index is 6040. The van der Waals surface area contributed by atoms with Gasteiger partial charge in [0.2, 0.25) is 0 Å². The Labute approximate surface area is 611 Å². The summed E-state index contributed by atoms with van der Waals surface area (Å²) >= 11 is 9.68. The van der Waals surface area contributed by atoms with Crippen LogP contribution in [0.2, 0.25) is 0 Å². The smallest absolute Gasteiger partial charge is 0.537 e. The number of nitrogens with zero attached hydrogens (tertiary/aromatic N) is 4. The maximum atomic E-state index is 9.55. The summed E-state index contributed by atoms with van der Waals surface area (Å²) in [7, 11) is -0.745. The number of hydrogen-bond acceptors (Lipinski definition) is 4. The van der Waals surface area contributed by atoms with Crippen molar-refractivity contribution in [2.75, 3.05) is 0 Å². The summed E-state index contributed by atoms with van der Waals surface area (Å²) in [4.78, 5) is 0. The summed E-state index contributed by atoms with van der Waals surface area (Å²) in [5, 5.41) is 45.3.